The van der Waals surface area contributed by atoms with E-state index in [1.807, 2.05) is 6.07 Å². The SMILES string of the molecule is c1ccc(-c2ccc(N(c3cccc(-c4ccccc4)c3)c3ccc4c(c3)c(-c3ccc5ccccc5c3)cc3oc5ccccc5c34)cc2)cc1. The summed E-state index contributed by atoms with van der Waals surface area (Å²) in [6.07, 6.45) is 0. The van der Waals surface area contributed by atoms with E-state index in [1.165, 1.54) is 43.8 Å². The van der Waals surface area contributed by atoms with Gasteiger partial charge in [-0.2, -0.15) is 0 Å². The number of furan rings is 1. The predicted octanol–water partition coefficient (Wildman–Crippen LogP) is 14.4. The van der Waals surface area contributed by atoms with E-state index in [1.54, 1.807) is 0 Å². The van der Waals surface area contributed by atoms with Gasteiger partial charge in [0.2, 0.25) is 0 Å². The van der Waals surface area contributed by atoms with Crippen LogP contribution in [0.15, 0.2) is 205 Å². The van der Waals surface area contributed by atoms with Crippen molar-refractivity contribution in [2.24, 2.45) is 0 Å². The summed E-state index contributed by atoms with van der Waals surface area (Å²) in [5.74, 6) is 0. The molecule has 2 heteroatoms. The van der Waals surface area contributed by atoms with Gasteiger partial charge in [-0.1, -0.05) is 146 Å². The summed E-state index contributed by atoms with van der Waals surface area (Å²) in [5.41, 5.74) is 12.1. The van der Waals surface area contributed by atoms with E-state index in [4.69, 9.17) is 4.42 Å². The smallest absolute Gasteiger partial charge is 0.136 e. The number of anilines is 3. The second kappa shape index (κ2) is 12.5. The van der Waals surface area contributed by atoms with Crippen LogP contribution in [-0.2, 0) is 0 Å². The monoisotopic (exact) mass is 663 g/mol. The molecule has 0 saturated heterocycles. The summed E-state index contributed by atoms with van der Waals surface area (Å²) in [6.45, 7) is 0. The lowest BCUT2D eigenvalue weighted by atomic mass is 9.93. The Balaban J connectivity index is 1.22. The third kappa shape index (κ3) is 5.21. The molecule has 0 unspecified atom stereocenters. The summed E-state index contributed by atoms with van der Waals surface area (Å²) in [5, 5.41) is 7.07. The van der Waals surface area contributed by atoms with E-state index in [0.717, 1.165) is 50.1 Å². The summed E-state index contributed by atoms with van der Waals surface area (Å²) >= 11 is 0. The van der Waals surface area contributed by atoms with Gasteiger partial charge < -0.3 is 9.32 Å². The van der Waals surface area contributed by atoms with Crippen molar-refractivity contribution >= 4 is 60.5 Å². The van der Waals surface area contributed by atoms with E-state index >= 15 is 0 Å². The lowest BCUT2D eigenvalue weighted by Crippen LogP contribution is -2.10. The van der Waals surface area contributed by atoms with Gasteiger partial charge in [0.15, 0.2) is 0 Å². The number of hydrogen-bond acceptors (Lipinski definition) is 2. The van der Waals surface area contributed by atoms with Gasteiger partial charge in [-0.15, -0.1) is 0 Å². The average molecular weight is 664 g/mol. The van der Waals surface area contributed by atoms with Gasteiger partial charge in [0.1, 0.15) is 11.2 Å². The van der Waals surface area contributed by atoms with E-state index in [2.05, 4.69) is 199 Å². The molecular weight excluding hydrogens is 631 g/mol. The minimum atomic E-state index is 0.897. The zero-order valence-electron chi connectivity index (χ0n) is 28.4. The van der Waals surface area contributed by atoms with Crippen LogP contribution >= 0.6 is 0 Å². The van der Waals surface area contributed by atoms with E-state index in [-0.39, 0.29) is 0 Å². The molecule has 0 radical (unpaired) electrons. The fraction of sp³-hybridized carbons (Fsp3) is 0. The molecule has 0 bridgehead atoms. The Morgan fingerprint density at radius 3 is 1.73 bits per heavy atom. The first kappa shape index (κ1) is 30.0. The molecule has 0 spiro atoms. The van der Waals surface area contributed by atoms with Crippen molar-refractivity contribution in [1.82, 2.24) is 0 Å². The minimum Gasteiger partial charge on any atom is -0.456 e. The second-order valence-electron chi connectivity index (χ2n) is 13.4. The van der Waals surface area contributed by atoms with Crippen molar-refractivity contribution in [2.45, 2.75) is 0 Å². The predicted molar refractivity (Wildman–Crippen MR) is 220 cm³/mol. The van der Waals surface area contributed by atoms with Gasteiger partial charge in [-0.25, -0.2) is 0 Å². The molecule has 0 saturated carbocycles. The lowest BCUT2D eigenvalue weighted by molar-refractivity contribution is 0.669. The van der Waals surface area contributed by atoms with Crippen LogP contribution < -0.4 is 4.90 Å². The van der Waals surface area contributed by atoms with Crippen molar-refractivity contribution in [3.63, 3.8) is 0 Å². The number of nitrogens with zero attached hydrogens (tertiary/aromatic N) is 1. The third-order valence-electron chi connectivity index (χ3n) is 10.2. The van der Waals surface area contributed by atoms with Crippen molar-refractivity contribution < 1.29 is 4.42 Å². The number of rotatable bonds is 6. The quantitative estimate of drug-likeness (QED) is 0.176. The van der Waals surface area contributed by atoms with Gasteiger partial charge >= 0.3 is 0 Å². The van der Waals surface area contributed by atoms with E-state index < -0.39 is 0 Å². The summed E-state index contributed by atoms with van der Waals surface area (Å²) in [6, 6.07) is 71.7. The summed E-state index contributed by atoms with van der Waals surface area (Å²) in [7, 11) is 0. The number of fused-ring (bicyclic) bond motifs is 6. The summed E-state index contributed by atoms with van der Waals surface area (Å²) in [4.78, 5) is 2.38. The van der Waals surface area contributed by atoms with Crippen LogP contribution in [0.3, 0.4) is 0 Å². The molecule has 0 aliphatic carbocycles. The molecule has 10 rings (SSSR count). The Bertz CT molecular complexity index is 2890. The van der Waals surface area contributed by atoms with Crippen molar-refractivity contribution in [3.8, 4) is 33.4 Å². The first-order valence-corrected chi connectivity index (χ1v) is 17.8. The Hall–Kier alpha value is -6.90. The molecule has 0 N–H and O–H groups in total. The molecule has 1 aromatic heterocycles. The topological polar surface area (TPSA) is 16.4 Å². The van der Waals surface area contributed by atoms with Gasteiger partial charge in [0.05, 0.1) is 0 Å². The van der Waals surface area contributed by atoms with Gasteiger partial charge in [0, 0.05) is 27.8 Å². The van der Waals surface area contributed by atoms with Crippen LogP contribution in [0, 0.1) is 0 Å². The molecule has 0 atom stereocenters. The molecule has 1 heterocycles. The van der Waals surface area contributed by atoms with Crippen LogP contribution in [-0.4, -0.2) is 0 Å². The van der Waals surface area contributed by atoms with Gasteiger partial charge in [0.25, 0.3) is 0 Å². The van der Waals surface area contributed by atoms with Crippen molar-refractivity contribution in [1.29, 1.82) is 0 Å². The lowest BCUT2D eigenvalue weighted by Gasteiger charge is -2.27. The molecule has 0 aliphatic heterocycles. The van der Waals surface area contributed by atoms with Gasteiger partial charge in [-0.3, -0.25) is 0 Å². The van der Waals surface area contributed by atoms with Crippen LogP contribution in [0.25, 0.3) is 76.9 Å². The van der Waals surface area contributed by atoms with Crippen molar-refractivity contribution in [3.05, 3.63) is 200 Å². The molecule has 2 nitrogen and oxygen atoms in total. The average Bonchev–Trinajstić information content (AvgIpc) is 3.60. The third-order valence-corrected chi connectivity index (χ3v) is 10.2. The Labute approximate surface area is 302 Å². The van der Waals surface area contributed by atoms with Crippen LogP contribution in [0.2, 0.25) is 0 Å². The Morgan fingerprint density at radius 1 is 0.308 bits per heavy atom. The van der Waals surface area contributed by atoms with E-state index in [0.29, 0.717) is 0 Å². The molecule has 52 heavy (non-hydrogen) atoms. The fourth-order valence-corrected chi connectivity index (χ4v) is 7.70. The first-order chi connectivity index (χ1) is 25.8. The Morgan fingerprint density at radius 2 is 0.923 bits per heavy atom. The second-order valence-corrected chi connectivity index (χ2v) is 13.4. The van der Waals surface area contributed by atoms with Gasteiger partial charge in [-0.05, 0) is 110 Å². The maximum Gasteiger partial charge on any atom is 0.136 e. The number of para-hydroxylation sites is 1. The molecular formula is C50H33NO. The molecule has 0 fully saturated rings. The maximum absolute atomic E-state index is 6.52. The minimum absolute atomic E-state index is 0.897. The maximum atomic E-state index is 6.52. The number of benzene rings is 9. The zero-order chi connectivity index (χ0) is 34.4. The largest absolute Gasteiger partial charge is 0.456 e. The Kier molecular flexibility index (Phi) is 7.18. The molecule has 0 aliphatic rings. The van der Waals surface area contributed by atoms with Crippen molar-refractivity contribution in [2.75, 3.05) is 4.90 Å². The standard InChI is InChI=1S/C50H33NO/c1-3-12-34(13-4-1)37-24-26-41(27-25-37)51(42-19-11-18-39(31-42)35-14-5-2-6-15-35)43-28-29-44-47(32-43)46(40-23-22-36-16-7-8-17-38(36)30-40)33-49-50(44)45-20-9-10-21-48(45)52-49/h1-33H. The van der Waals surface area contributed by atoms with Crippen LogP contribution in [0.1, 0.15) is 0 Å². The highest BCUT2D eigenvalue weighted by Crippen LogP contribution is 2.44. The zero-order valence-corrected chi connectivity index (χ0v) is 28.4. The number of hydrogen-bond donors (Lipinski definition) is 0. The van der Waals surface area contributed by atoms with Crippen LogP contribution in [0.4, 0.5) is 17.1 Å². The van der Waals surface area contributed by atoms with Crippen LogP contribution in [0.5, 0.6) is 0 Å². The normalized spacial score (nSPS) is 11.5. The molecule has 9 aromatic carbocycles. The highest BCUT2D eigenvalue weighted by Gasteiger charge is 2.19. The highest BCUT2D eigenvalue weighted by molar-refractivity contribution is 6.22. The van der Waals surface area contributed by atoms with E-state index in [9.17, 15) is 0 Å². The fourth-order valence-electron chi connectivity index (χ4n) is 7.70. The highest BCUT2D eigenvalue weighted by atomic mass is 16.3. The molecule has 10 aromatic rings. The summed E-state index contributed by atoms with van der Waals surface area (Å²) < 4.78 is 6.52. The molecule has 0 amide bonds. The molecule has 244 valence electrons. The first-order valence-electron chi connectivity index (χ1n) is 17.8.